The van der Waals surface area contributed by atoms with Gasteiger partial charge in [-0.2, -0.15) is 11.8 Å². The van der Waals surface area contributed by atoms with Gasteiger partial charge in [-0.05, 0) is 25.0 Å². The average molecular weight is 201 g/mol. The van der Waals surface area contributed by atoms with E-state index in [1.54, 1.807) is 0 Å². The lowest BCUT2D eigenvalue weighted by atomic mass is 10.1. The highest BCUT2D eigenvalue weighted by Crippen LogP contribution is 2.26. The summed E-state index contributed by atoms with van der Waals surface area (Å²) >= 11 is 2.08. The molecule has 76 valence electrons. The van der Waals surface area contributed by atoms with Crippen molar-refractivity contribution in [3.8, 4) is 0 Å². The second kappa shape index (κ2) is 4.67. The summed E-state index contributed by atoms with van der Waals surface area (Å²) in [4.78, 5) is 0. The average Bonchev–Trinajstić information content (AvgIpc) is 2.72. The Labute approximate surface area is 84.8 Å². The van der Waals surface area contributed by atoms with Crippen LogP contribution in [0.1, 0.15) is 26.2 Å². The van der Waals surface area contributed by atoms with Crippen molar-refractivity contribution in [1.82, 2.24) is 5.32 Å². The van der Waals surface area contributed by atoms with Gasteiger partial charge in [0.25, 0.3) is 0 Å². The standard InChI is InChI=1S/C10H19NOS/c1-8-10(4-6-13-8)11-7-9-3-2-5-12-9/h8-11H,2-7H2,1H3. The van der Waals surface area contributed by atoms with Crippen molar-refractivity contribution in [2.45, 2.75) is 43.6 Å². The van der Waals surface area contributed by atoms with Gasteiger partial charge >= 0.3 is 0 Å². The summed E-state index contributed by atoms with van der Waals surface area (Å²) in [7, 11) is 0. The normalized spacial score (nSPS) is 39.9. The molecule has 2 saturated heterocycles. The maximum atomic E-state index is 5.58. The first-order valence-electron chi connectivity index (χ1n) is 5.33. The van der Waals surface area contributed by atoms with Crippen LogP contribution in [0.25, 0.3) is 0 Å². The molecule has 2 heterocycles. The van der Waals surface area contributed by atoms with Crippen molar-refractivity contribution in [1.29, 1.82) is 0 Å². The Balaban J connectivity index is 1.66. The lowest BCUT2D eigenvalue weighted by Gasteiger charge is -2.18. The minimum atomic E-state index is 0.498. The van der Waals surface area contributed by atoms with Gasteiger partial charge < -0.3 is 10.1 Å². The van der Waals surface area contributed by atoms with Crippen LogP contribution in [0.2, 0.25) is 0 Å². The molecule has 3 heteroatoms. The molecule has 2 aliphatic heterocycles. The van der Waals surface area contributed by atoms with Crippen molar-refractivity contribution in [3.05, 3.63) is 0 Å². The van der Waals surface area contributed by atoms with Crippen LogP contribution in [0.5, 0.6) is 0 Å². The van der Waals surface area contributed by atoms with Gasteiger partial charge in [0.15, 0.2) is 0 Å². The lowest BCUT2D eigenvalue weighted by Crippen LogP contribution is -2.38. The predicted octanol–water partition coefficient (Wildman–Crippen LogP) is 1.65. The minimum absolute atomic E-state index is 0.498. The van der Waals surface area contributed by atoms with E-state index in [-0.39, 0.29) is 0 Å². The second-order valence-electron chi connectivity index (χ2n) is 4.01. The number of thioether (sulfide) groups is 1. The highest BCUT2D eigenvalue weighted by Gasteiger charge is 2.25. The van der Waals surface area contributed by atoms with Crippen LogP contribution in [0, 0.1) is 0 Å². The first kappa shape index (κ1) is 9.81. The van der Waals surface area contributed by atoms with Crippen LogP contribution in [-0.2, 0) is 4.74 Å². The summed E-state index contributed by atoms with van der Waals surface area (Å²) in [5, 5.41) is 4.42. The fraction of sp³-hybridized carbons (Fsp3) is 1.00. The van der Waals surface area contributed by atoms with Crippen LogP contribution < -0.4 is 5.32 Å². The van der Waals surface area contributed by atoms with Gasteiger partial charge in [0.1, 0.15) is 0 Å². The Kier molecular flexibility index (Phi) is 3.52. The molecule has 0 aromatic heterocycles. The monoisotopic (exact) mass is 201 g/mol. The highest BCUT2D eigenvalue weighted by atomic mass is 32.2. The van der Waals surface area contributed by atoms with Crippen LogP contribution >= 0.6 is 11.8 Å². The molecular weight excluding hydrogens is 182 g/mol. The van der Waals surface area contributed by atoms with Gasteiger partial charge in [-0.3, -0.25) is 0 Å². The quantitative estimate of drug-likeness (QED) is 0.750. The van der Waals surface area contributed by atoms with Crippen LogP contribution in [0.4, 0.5) is 0 Å². The van der Waals surface area contributed by atoms with E-state index in [9.17, 15) is 0 Å². The van der Waals surface area contributed by atoms with Crippen molar-refractivity contribution in [2.24, 2.45) is 0 Å². The first-order chi connectivity index (χ1) is 6.36. The number of hydrogen-bond donors (Lipinski definition) is 1. The van der Waals surface area contributed by atoms with Crippen LogP contribution in [-0.4, -0.2) is 36.3 Å². The molecule has 0 aromatic carbocycles. The molecule has 1 N–H and O–H groups in total. The zero-order valence-corrected chi connectivity index (χ0v) is 9.11. The highest BCUT2D eigenvalue weighted by molar-refractivity contribution is 8.00. The van der Waals surface area contributed by atoms with E-state index in [0.717, 1.165) is 24.4 Å². The van der Waals surface area contributed by atoms with Crippen LogP contribution in [0.15, 0.2) is 0 Å². The predicted molar refractivity (Wildman–Crippen MR) is 57.3 cm³/mol. The molecule has 3 unspecified atom stereocenters. The summed E-state index contributed by atoms with van der Waals surface area (Å²) < 4.78 is 5.58. The van der Waals surface area contributed by atoms with Gasteiger partial charge in [0, 0.05) is 24.4 Å². The maximum Gasteiger partial charge on any atom is 0.0700 e. The molecule has 0 radical (unpaired) electrons. The molecule has 3 atom stereocenters. The summed E-state index contributed by atoms with van der Waals surface area (Å²) in [6, 6.07) is 0.731. The molecular formula is C10H19NOS. The molecule has 2 aliphatic rings. The minimum Gasteiger partial charge on any atom is -0.377 e. The molecule has 0 spiro atoms. The Morgan fingerprint density at radius 1 is 1.46 bits per heavy atom. The molecule has 13 heavy (non-hydrogen) atoms. The number of hydrogen-bond acceptors (Lipinski definition) is 3. The van der Waals surface area contributed by atoms with E-state index in [1.165, 1.54) is 25.0 Å². The Bertz CT molecular complexity index is 159. The largest absolute Gasteiger partial charge is 0.377 e. The summed E-state index contributed by atoms with van der Waals surface area (Å²) in [6.07, 6.45) is 4.33. The zero-order valence-electron chi connectivity index (χ0n) is 8.29. The molecule has 2 nitrogen and oxygen atoms in total. The Morgan fingerprint density at radius 3 is 3.00 bits per heavy atom. The summed E-state index contributed by atoms with van der Waals surface area (Å²) in [5.74, 6) is 1.32. The van der Waals surface area contributed by atoms with E-state index in [4.69, 9.17) is 4.74 Å². The molecule has 0 amide bonds. The second-order valence-corrected chi connectivity index (χ2v) is 5.50. The first-order valence-corrected chi connectivity index (χ1v) is 6.38. The fourth-order valence-electron chi connectivity index (χ4n) is 2.09. The number of ether oxygens (including phenoxy) is 1. The number of rotatable bonds is 3. The fourth-order valence-corrected chi connectivity index (χ4v) is 3.31. The van der Waals surface area contributed by atoms with E-state index >= 15 is 0 Å². The third-order valence-electron chi connectivity index (χ3n) is 3.01. The molecule has 0 bridgehead atoms. The van der Waals surface area contributed by atoms with Gasteiger partial charge in [-0.25, -0.2) is 0 Å². The van der Waals surface area contributed by atoms with Gasteiger partial charge in [-0.1, -0.05) is 6.92 Å². The SMILES string of the molecule is CC1SCCC1NCC1CCCO1. The maximum absolute atomic E-state index is 5.58. The zero-order chi connectivity index (χ0) is 9.10. The van der Waals surface area contributed by atoms with Crippen molar-refractivity contribution >= 4 is 11.8 Å². The van der Waals surface area contributed by atoms with E-state index in [0.29, 0.717) is 6.10 Å². The smallest absolute Gasteiger partial charge is 0.0700 e. The topological polar surface area (TPSA) is 21.3 Å². The number of nitrogens with one attached hydrogen (secondary N) is 1. The Morgan fingerprint density at radius 2 is 2.38 bits per heavy atom. The van der Waals surface area contributed by atoms with E-state index < -0.39 is 0 Å². The molecule has 2 fully saturated rings. The molecule has 0 saturated carbocycles. The molecule has 0 aromatic rings. The Hall–Kier alpha value is 0.270. The lowest BCUT2D eigenvalue weighted by molar-refractivity contribution is 0.107. The summed E-state index contributed by atoms with van der Waals surface area (Å²) in [5.41, 5.74) is 0. The van der Waals surface area contributed by atoms with Gasteiger partial charge in [-0.15, -0.1) is 0 Å². The van der Waals surface area contributed by atoms with Crippen LogP contribution in [0.3, 0.4) is 0 Å². The molecule has 2 rings (SSSR count). The van der Waals surface area contributed by atoms with E-state index in [2.05, 4.69) is 24.0 Å². The third kappa shape index (κ3) is 2.61. The molecule has 0 aliphatic carbocycles. The van der Waals surface area contributed by atoms with Crippen molar-refractivity contribution in [2.75, 3.05) is 18.9 Å². The third-order valence-corrected chi connectivity index (χ3v) is 4.33. The van der Waals surface area contributed by atoms with Gasteiger partial charge in [0.05, 0.1) is 6.10 Å². The summed E-state index contributed by atoms with van der Waals surface area (Å²) in [6.45, 7) is 4.36. The van der Waals surface area contributed by atoms with E-state index in [1.807, 2.05) is 0 Å². The van der Waals surface area contributed by atoms with Crippen molar-refractivity contribution in [3.63, 3.8) is 0 Å². The van der Waals surface area contributed by atoms with Crippen molar-refractivity contribution < 1.29 is 4.74 Å². The van der Waals surface area contributed by atoms with Gasteiger partial charge in [0.2, 0.25) is 0 Å².